The molecule has 1 aromatic heterocycles. The van der Waals surface area contributed by atoms with Crippen molar-refractivity contribution in [2.24, 2.45) is 0 Å². The summed E-state index contributed by atoms with van der Waals surface area (Å²) in [5.74, 6) is 0.847. The number of hydrogen-bond acceptors (Lipinski definition) is 2. The Morgan fingerprint density at radius 2 is 1.96 bits per heavy atom. The van der Waals surface area contributed by atoms with E-state index in [1.165, 1.54) is 27.7 Å². The van der Waals surface area contributed by atoms with Crippen molar-refractivity contribution < 1.29 is 4.74 Å². The Balaban J connectivity index is 1.61. The highest BCUT2D eigenvalue weighted by Crippen LogP contribution is 2.39. The Morgan fingerprint density at radius 3 is 2.88 bits per heavy atom. The van der Waals surface area contributed by atoms with Crippen molar-refractivity contribution >= 4 is 22.5 Å². The van der Waals surface area contributed by atoms with Gasteiger partial charge >= 0.3 is 0 Å². The van der Waals surface area contributed by atoms with E-state index in [0.717, 1.165) is 44.6 Å². The highest BCUT2D eigenvalue weighted by molar-refractivity contribution is 6.30. The van der Waals surface area contributed by atoms with Gasteiger partial charge in [0.2, 0.25) is 0 Å². The molecular formula is C21H21ClN2O. The number of hydrogen-bond donors (Lipinski definition) is 1. The van der Waals surface area contributed by atoms with Crippen LogP contribution in [-0.4, -0.2) is 17.7 Å². The van der Waals surface area contributed by atoms with Crippen LogP contribution in [0.4, 0.5) is 0 Å². The smallest absolute Gasteiger partial charge is 0.127 e. The van der Waals surface area contributed by atoms with Crippen LogP contribution in [0.2, 0.25) is 5.02 Å². The van der Waals surface area contributed by atoms with Gasteiger partial charge in [0.05, 0.1) is 5.52 Å². The second kappa shape index (κ2) is 6.08. The van der Waals surface area contributed by atoms with Gasteiger partial charge in [-0.25, -0.2) is 0 Å². The van der Waals surface area contributed by atoms with Gasteiger partial charge < -0.3 is 14.6 Å². The monoisotopic (exact) mass is 352 g/mol. The quantitative estimate of drug-likeness (QED) is 0.734. The van der Waals surface area contributed by atoms with Crippen molar-refractivity contribution in [1.82, 2.24) is 9.88 Å². The second-order valence-electron chi connectivity index (χ2n) is 6.92. The van der Waals surface area contributed by atoms with Crippen LogP contribution in [0.15, 0.2) is 42.5 Å². The summed E-state index contributed by atoms with van der Waals surface area (Å²) in [5.41, 5.74) is 5.75. The van der Waals surface area contributed by atoms with Crippen LogP contribution < -0.4 is 10.1 Å². The number of ether oxygens (including phenoxy) is 1. The Morgan fingerprint density at radius 1 is 1.08 bits per heavy atom. The predicted molar refractivity (Wildman–Crippen MR) is 102 cm³/mol. The van der Waals surface area contributed by atoms with Gasteiger partial charge in [-0.3, -0.25) is 0 Å². The van der Waals surface area contributed by atoms with E-state index in [0.29, 0.717) is 5.02 Å². The summed E-state index contributed by atoms with van der Waals surface area (Å²) in [7, 11) is 0. The largest absolute Gasteiger partial charge is 0.486 e. The van der Waals surface area contributed by atoms with Gasteiger partial charge in [0.15, 0.2) is 0 Å². The van der Waals surface area contributed by atoms with Gasteiger partial charge in [-0.15, -0.1) is 0 Å². The molecule has 25 heavy (non-hydrogen) atoms. The number of rotatable bonds is 2. The van der Waals surface area contributed by atoms with Crippen molar-refractivity contribution in [3.05, 3.63) is 64.3 Å². The Bertz CT molecular complexity index is 946. The zero-order valence-electron chi connectivity index (χ0n) is 14.1. The average Bonchev–Trinajstić information content (AvgIpc) is 2.78. The summed E-state index contributed by atoms with van der Waals surface area (Å²) in [5, 5.41) is 5.65. The van der Waals surface area contributed by atoms with E-state index in [1.54, 1.807) is 0 Å². The van der Waals surface area contributed by atoms with E-state index in [-0.39, 0.29) is 6.10 Å². The third-order valence-electron chi connectivity index (χ3n) is 5.46. The molecule has 2 aliphatic heterocycles. The molecule has 2 aliphatic rings. The molecule has 3 aromatic rings. The number of nitrogens with zero attached hydrogens (tertiary/aromatic N) is 1. The molecule has 0 bridgehead atoms. The first-order valence-corrected chi connectivity index (χ1v) is 9.45. The standard InChI is InChI=1S/C21H21ClN2O/c22-14-3-1-4-15(13-14)25-20-9-12-24-19-8-11-23-10-7-16(19)17-5-2-6-18(20)21(17)24/h1-6,13,20,23H,7-12H2. The van der Waals surface area contributed by atoms with Crippen LogP contribution in [-0.2, 0) is 19.4 Å². The van der Waals surface area contributed by atoms with Crippen LogP contribution in [0.5, 0.6) is 5.75 Å². The zero-order valence-corrected chi connectivity index (χ0v) is 14.9. The van der Waals surface area contributed by atoms with E-state index in [4.69, 9.17) is 16.3 Å². The van der Waals surface area contributed by atoms with Crippen LogP contribution in [0.25, 0.3) is 10.9 Å². The summed E-state index contributed by atoms with van der Waals surface area (Å²) >= 11 is 6.12. The minimum atomic E-state index is 0.0892. The maximum absolute atomic E-state index is 6.33. The summed E-state index contributed by atoms with van der Waals surface area (Å²) in [4.78, 5) is 0. The van der Waals surface area contributed by atoms with E-state index >= 15 is 0 Å². The number of benzene rings is 2. The molecule has 0 radical (unpaired) electrons. The van der Waals surface area contributed by atoms with Gasteiger partial charge in [-0.05, 0) is 36.7 Å². The molecule has 4 heteroatoms. The third-order valence-corrected chi connectivity index (χ3v) is 5.70. The molecule has 0 aliphatic carbocycles. The molecule has 0 saturated heterocycles. The lowest BCUT2D eigenvalue weighted by Gasteiger charge is -2.27. The molecule has 128 valence electrons. The fourth-order valence-electron chi connectivity index (χ4n) is 4.40. The maximum Gasteiger partial charge on any atom is 0.127 e. The lowest BCUT2D eigenvalue weighted by Crippen LogP contribution is -2.20. The van der Waals surface area contributed by atoms with Crippen LogP contribution in [0, 0.1) is 0 Å². The molecule has 1 unspecified atom stereocenters. The molecule has 0 amide bonds. The molecule has 0 spiro atoms. The van der Waals surface area contributed by atoms with Gasteiger partial charge in [0, 0.05) is 47.6 Å². The van der Waals surface area contributed by atoms with E-state index in [1.807, 2.05) is 24.3 Å². The zero-order chi connectivity index (χ0) is 16.8. The number of nitrogens with one attached hydrogen (secondary N) is 1. The topological polar surface area (TPSA) is 26.2 Å². The third kappa shape index (κ3) is 2.54. The second-order valence-corrected chi connectivity index (χ2v) is 7.36. The van der Waals surface area contributed by atoms with Crippen molar-refractivity contribution in [3.63, 3.8) is 0 Å². The fraction of sp³-hybridized carbons (Fsp3) is 0.333. The fourth-order valence-corrected chi connectivity index (χ4v) is 4.59. The molecule has 0 fully saturated rings. The van der Waals surface area contributed by atoms with Crippen molar-refractivity contribution in [2.75, 3.05) is 13.1 Å². The minimum absolute atomic E-state index is 0.0892. The summed E-state index contributed by atoms with van der Waals surface area (Å²) in [6.45, 7) is 3.16. The SMILES string of the molecule is Clc1cccc(OC2CCn3c4c(c5cccc2c53)CCNCC4)c1. The minimum Gasteiger partial charge on any atom is -0.486 e. The first-order valence-electron chi connectivity index (χ1n) is 9.07. The number of para-hydroxylation sites is 1. The molecule has 5 rings (SSSR count). The van der Waals surface area contributed by atoms with Gasteiger partial charge in [-0.2, -0.15) is 0 Å². The van der Waals surface area contributed by atoms with Crippen LogP contribution >= 0.6 is 11.6 Å². The van der Waals surface area contributed by atoms with E-state index in [9.17, 15) is 0 Å². The number of aryl methyl sites for hydroxylation is 1. The first-order chi connectivity index (χ1) is 12.3. The molecule has 3 nitrogen and oxygen atoms in total. The van der Waals surface area contributed by atoms with Crippen molar-refractivity contribution in [3.8, 4) is 5.75 Å². The number of aromatic nitrogens is 1. The van der Waals surface area contributed by atoms with Crippen molar-refractivity contribution in [1.29, 1.82) is 0 Å². The maximum atomic E-state index is 6.33. The molecule has 3 heterocycles. The molecule has 1 N–H and O–H groups in total. The van der Waals surface area contributed by atoms with Gasteiger partial charge in [-0.1, -0.05) is 35.9 Å². The van der Waals surface area contributed by atoms with Gasteiger partial charge in [0.1, 0.15) is 11.9 Å². The number of halogens is 1. The molecular weight excluding hydrogens is 332 g/mol. The lowest BCUT2D eigenvalue weighted by atomic mass is 9.99. The van der Waals surface area contributed by atoms with Crippen LogP contribution in [0.3, 0.4) is 0 Å². The van der Waals surface area contributed by atoms with E-state index < -0.39 is 0 Å². The van der Waals surface area contributed by atoms with Gasteiger partial charge in [0.25, 0.3) is 0 Å². The predicted octanol–water partition coefficient (Wildman–Crippen LogP) is 4.51. The Kier molecular flexibility index (Phi) is 3.72. The molecule has 0 saturated carbocycles. The highest BCUT2D eigenvalue weighted by atomic mass is 35.5. The normalized spacial score (nSPS) is 19.5. The Hall–Kier alpha value is -1.97. The van der Waals surface area contributed by atoms with Crippen molar-refractivity contribution in [2.45, 2.75) is 31.9 Å². The summed E-state index contributed by atoms with van der Waals surface area (Å²) in [6.07, 6.45) is 3.31. The Labute approximate surface area is 152 Å². The van der Waals surface area contributed by atoms with E-state index in [2.05, 4.69) is 28.1 Å². The average molecular weight is 353 g/mol. The lowest BCUT2D eigenvalue weighted by molar-refractivity contribution is 0.183. The number of fused-ring (bicyclic) bond motifs is 3. The highest BCUT2D eigenvalue weighted by Gasteiger charge is 2.28. The summed E-state index contributed by atoms with van der Waals surface area (Å²) < 4.78 is 8.88. The molecule has 1 atom stereocenters. The van der Waals surface area contributed by atoms with Crippen LogP contribution in [0.1, 0.15) is 29.3 Å². The molecule has 2 aromatic carbocycles. The first kappa shape index (κ1) is 15.3. The summed E-state index contributed by atoms with van der Waals surface area (Å²) in [6, 6.07) is 14.4.